The van der Waals surface area contributed by atoms with Gasteiger partial charge in [-0.1, -0.05) is 6.92 Å². The first-order chi connectivity index (χ1) is 15.1. The number of esters is 1. The van der Waals surface area contributed by atoms with Crippen LogP contribution in [0.5, 0.6) is 5.75 Å². The average Bonchev–Trinajstić information content (AvgIpc) is 2.71. The zero-order valence-electron chi connectivity index (χ0n) is 18.5. The van der Waals surface area contributed by atoms with Gasteiger partial charge < -0.3 is 14.8 Å². The molecule has 0 amide bonds. The molecule has 3 rings (SSSR count). The Kier molecular flexibility index (Phi) is 6.93. The van der Waals surface area contributed by atoms with Crippen LogP contribution in [-0.2, 0) is 19.3 Å². The molecule has 0 spiro atoms. The number of nitrogens with one attached hydrogen (secondary N) is 1. The quantitative estimate of drug-likeness (QED) is 0.518. The van der Waals surface area contributed by atoms with Crippen LogP contribution >= 0.6 is 0 Å². The highest BCUT2D eigenvalue weighted by molar-refractivity contribution is 7.92. The summed E-state index contributed by atoms with van der Waals surface area (Å²) >= 11 is 0. The Hall–Kier alpha value is -3.27. The van der Waals surface area contributed by atoms with Crippen molar-refractivity contribution < 1.29 is 22.9 Å². The number of carbonyl (C=O) groups excluding carboxylic acids is 1. The van der Waals surface area contributed by atoms with Gasteiger partial charge >= 0.3 is 5.97 Å². The lowest BCUT2D eigenvalue weighted by Gasteiger charge is -2.19. The maximum absolute atomic E-state index is 13.9. The number of anilines is 2. The molecule has 0 aliphatic rings. The van der Waals surface area contributed by atoms with Crippen molar-refractivity contribution in [2.45, 2.75) is 26.4 Å². The summed E-state index contributed by atoms with van der Waals surface area (Å²) in [6.07, 6.45) is 3.98. The highest BCUT2D eigenvalue weighted by Gasteiger charge is 2.21. The molecule has 0 radical (unpaired) electrons. The van der Waals surface area contributed by atoms with E-state index in [1.54, 1.807) is 31.6 Å². The molecule has 170 valence electrons. The summed E-state index contributed by atoms with van der Waals surface area (Å²) in [5, 5.41) is 3.88. The van der Waals surface area contributed by atoms with Crippen LogP contribution in [0.1, 0.15) is 18.9 Å². The molecule has 32 heavy (non-hydrogen) atoms. The second-order valence-corrected chi connectivity index (χ2v) is 10.0. The first kappa shape index (κ1) is 23.4. The monoisotopic (exact) mass is 460 g/mol. The molecule has 0 aliphatic heterocycles. The van der Waals surface area contributed by atoms with Gasteiger partial charge in [0.15, 0.2) is 6.10 Å². The molecule has 0 aliphatic carbocycles. The van der Waals surface area contributed by atoms with Gasteiger partial charge in [0, 0.05) is 33.7 Å². The first-order valence-corrected chi connectivity index (χ1v) is 12.2. The number of aryl methyl sites for hydroxylation is 1. The number of halogens is 1. The number of ether oxygens (including phenoxy) is 2. The second kappa shape index (κ2) is 9.47. The molecule has 1 heterocycles. The number of rotatable bonds is 7. The van der Waals surface area contributed by atoms with E-state index in [1.165, 1.54) is 31.6 Å². The lowest BCUT2D eigenvalue weighted by molar-refractivity contribution is -0.148. The normalized spacial score (nSPS) is 12.3. The zero-order valence-corrected chi connectivity index (χ0v) is 19.3. The van der Waals surface area contributed by atoms with Gasteiger partial charge in [0.05, 0.1) is 24.0 Å². The number of hydrogen-bond donors (Lipinski definition) is 1. The van der Waals surface area contributed by atoms with E-state index < -0.39 is 27.6 Å². The van der Waals surface area contributed by atoms with Crippen molar-refractivity contribution in [2.75, 3.05) is 24.9 Å². The molecule has 8 nitrogen and oxygen atoms in total. The van der Waals surface area contributed by atoms with Gasteiger partial charge in [0.2, 0.25) is 0 Å². The topological polar surface area (TPSA) is 103 Å². The number of hydrogen-bond acceptors (Lipinski definition) is 8. The predicted molar refractivity (Wildman–Crippen MR) is 123 cm³/mol. The highest BCUT2D eigenvalue weighted by Crippen LogP contribution is 2.34. The smallest absolute Gasteiger partial charge is 0.347 e. The van der Waals surface area contributed by atoms with E-state index in [1.807, 2.05) is 6.92 Å². The summed E-state index contributed by atoms with van der Waals surface area (Å²) < 4.78 is 40.8. The summed E-state index contributed by atoms with van der Waals surface area (Å²) in [5.74, 6) is -0.445. The molecule has 0 saturated carbocycles. The van der Waals surface area contributed by atoms with Crippen LogP contribution in [-0.4, -0.2) is 45.9 Å². The van der Waals surface area contributed by atoms with Gasteiger partial charge in [-0.3, -0.25) is 0 Å². The molecule has 0 saturated heterocycles. The minimum atomic E-state index is -2.33. The second-order valence-electron chi connectivity index (χ2n) is 7.46. The summed E-state index contributed by atoms with van der Waals surface area (Å²) in [7, 11) is -1.06. The van der Waals surface area contributed by atoms with Gasteiger partial charge in [0.25, 0.3) is 0 Å². The average molecular weight is 461 g/mol. The summed E-state index contributed by atoms with van der Waals surface area (Å²) in [6, 6.07) is 7.51. The van der Waals surface area contributed by atoms with E-state index in [4.69, 9.17) is 9.47 Å². The Bertz CT molecular complexity index is 1280. The van der Waals surface area contributed by atoms with Crippen molar-refractivity contribution in [1.82, 2.24) is 9.97 Å². The van der Waals surface area contributed by atoms with E-state index in [2.05, 4.69) is 19.6 Å². The fraction of sp³-hybridized carbons (Fsp3) is 0.318. The van der Waals surface area contributed by atoms with Crippen LogP contribution in [0.2, 0.25) is 0 Å². The Morgan fingerprint density at radius 2 is 2.00 bits per heavy atom. The molecular weight excluding hydrogens is 435 g/mol. The van der Waals surface area contributed by atoms with Crippen LogP contribution < -0.4 is 10.1 Å². The third-order valence-electron chi connectivity index (χ3n) is 4.55. The molecule has 1 N–H and O–H groups in total. The van der Waals surface area contributed by atoms with Crippen LogP contribution in [0.25, 0.3) is 10.9 Å². The third-order valence-corrected chi connectivity index (χ3v) is 5.20. The molecule has 1 atom stereocenters. The minimum absolute atomic E-state index is 0.148. The summed E-state index contributed by atoms with van der Waals surface area (Å²) in [4.78, 5) is 20.6. The number of carbonyl (C=O) groups is 1. The molecule has 2 aromatic carbocycles. The molecule has 10 heteroatoms. The highest BCUT2D eigenvalue weighted by atomic mass is 32.2. The predicted octanol–water partition coefficient (Wildman–Crippen LogP) is 4.51. The van der Waals surface area contributed by atoms with Crippen LogP contribution in [0.15, 0.2) is 41.0 Å². The van der Waals surface area contributed by atoms with Crippen molar-refractivity contribution in [3.8, 4) is 5.75 Å². The van der Waals surface area contributed by atoms with Gasteiger partial charge in [-0.05, 0) is 43.2 Å². The fourth-order valence-corrected chi connectivity index (χ4v) is 3.79. The lowest BCUT2D eigenvalue weighted by atomic mass is 10.1. The van der Waals surface area contributed by atoms with Gasteiger partial charge in [-0.15, -0.1) is 0 Å². The van der Waals surface area contributed by atoms with Crippen LogP contribution in [0, 0.1) is 12.7 Å². The largest absolute Gasteiger partial charge is 0.476 e. The Balaban J connectivity index is 2.05. The number of aromatic nitrogens is 2. The maximum Gasteiger partial charge on any atom is 0.347 e. The lowest BCUT2D eigenvalue weighted by Crippen LogP contribution is -2.28. The van der Waals surface area contributed by atoms with Crippen molar-refractivity contribution in [2.24, 2.45) is 4.36 Å². The Morgan fingerprint density at radius 1 is 1.25 bits per heavy atom. The van der Waals surface area contributed by atoms with Crippen LogP contribution in [0.3, 0.4) is 0 Å². The Labute approximate surface area is 186 Å². The van der Waals surface area contributed by atoms with Crippen molar-refractivity contribution in [1.29, 1.82) is 0 Å². The summed E-state index contributed by atoms with van der Waals surface area (Å²) in [6.45, 7) is 3.64. The first-order valence-electron chi connectivity index (χ1n) is 9.85. The van der Waals surface area contributed by atoms with Crippen LogP contribution in [0.4, 0.5) is 21.6 Å². The molecule has 3 aromatic rings. The number of benzene rings is 2. The van der Waals surface area contributed by atoms with Crippen molar-refractivity contribution in [3.05, 3.63) is 48.0 Å². The number of methoxy groups -OCH3 is 1. The molecule has 1 unspecified atom stereocenters. The molecular formula is C22H25FN4O4S. The number of fused-ring (bicyclic) bond motifs is 1. The fourth-order valence-electron chi connectivity index (χ4n) is 3.18. The maximum atomic E-state index is 13.9. The number of nitrogens with zero attached hydrogens (tertiary/aromatic N) is 3. The molecule has 1 aromatic heterocycles. The summed E-state index contributed by atoms with van der Waals surface area (Å²) in [5.41, 5.74) is 2.41. The van der Waals surface area contributed by atoms with Gasteiger partial charge in [-0.2, -0.15) is 4.36 Å². The standard InChI is InChI=1S/C22H25FN4O4S/c1-6-18(22(28)30-3)31-19-10-14(23)7-8-16(19)26-21-20-13(2)9-15(27-32(4,5)29)11-17(20)24-12-25-21/h7-12,18H,6H2,1-5H3,(H,24,25,26). The van der Waals surface area contributed by atoms with Gasteiger partial charge in [0.1, 0.15) is 23.7 Å². The minimum Gasteiger partial charge on any atom is -0.476 e. The molecule has 0 fully saturated rings. The van der Waals surface area contributed by atoms with E-state index >= 15 is 0 Å². The van der Waals surface area contributed by atoms with E-state index in [0.29, 0.717) is 29.1 Å². The zero-order chi connectivity index (χ0) is 23.5. The van der Waals surface area contributed by atoms with Crippen molar-refractivity contribution in [3.63, 3.8) is 0 Å². The van der Waals surface area contributed by atoms with E-state index in [0.717, 1.165) is 10.9 Å². The third kappa shape index (κ3) is 5.50. The molecule has 0 bridgehead atoms. The van der Waals surface area contributed by atoms with E-state index in [-0.39, 0.29) is 5.75 Å². The Morgan fingerprint density at radius 3 is 2.66 bits per heavy atom. The van der Waals surface area contributed by atoms with Gasteiger partial charge in [-0.25, -0.2) is 23.4 Å². The van der Waals surface area contributed by atoms with E-state index in [9.17, 15) is 13.4 Å². The van der Waals surface area contributed by atoms with Crippen molar-refractivity contribution >= 4 is 43.8 Å². The SMILES string of the molecule is CCC(Oc1cc(F)ccc1Nc1ncnc2cc(N=S(C)(C)=O)cc(C)c12)C(=O)OC.